The maximum Gasteiger partial charge on any atom is 0.121 e. The summed E-state index contributed by atoms with van der Waals surface area (Å²) in [6, 6.07) is 6.81. The minimum Gasteiger partial charge on any atom is -0.496 e. The van der Waals surface area contributed by atoms with Gasteiger partial charge in [0.1, 0.15) is 5.75 Å². The molecule has 0 amide bonds. The van der Waals surface area contributed by atoms with Crippen LogP contribution in [0.1, 0.15) is 30.0 Å². The van der Waals surface area contributed by atoms with E-state index in [9.17, 15) is 0 Å². The summed E-state index contributed by atoms with van der Waals surface area (Å²) in [4.78, 5) is 0. The lowest BCUT2D eigenvalue weighted by molar-refractivity contribution is 0.291. The average molecular weight is 234 g/mol. The van der Waals surface area contributed by atoms with Gasteiger partial charge in [-0.2, -0.15) is 0 Å². The molecule has 1 aromatic rings. The first-order chi connectivity index (χ1) is 8.26. The van der Waals surface area contributed by atoms with Crippen molar-refractivity contribution < 1.29 is 4.74 Å². The lowest BCUT2D eigenvalue weighted by Crippen LogP contribution is -2.37. The number of nitrogens with one attached hydrogen (secondary N) is 1. The number of aryl methyl sites for hydroxylation is 1. The molecule has 2 rings (SSSR count). The summed E-state index contributed by atoms with van der Waals surface area (Å²) in [5.41, 5.74) is 8.38. The summed E-state index contributed by atoms with van der Waals surface area (Å²) in [5.74, 6) is 1.51. The van der Waals surface area contributed by atoms with Gasteiger partial charge in [0.05, 0.1) is 7.11 Å². The predicted molar refractivity (Wildman–Crippen MR) is 70.3 cm³/mol. The van der Waals surface area contributed by atoms with E-state index in [1.54, 1.807) is 7.11 Å². The molecule has 3 heteroatoms. The van der Waals surface area contributed by atoms with Crippen LogP contribution in [0.4, 0.5) is 0 Å². The number of ether oxygens (including phenoxy) is 1. The number of benzene rings is 1. The molecule has 1 aliphatic heterocycles. The summed E-state index contributed by atoms with van der Waals surface area (Å²) in [5, 5.41) is 3.58. The van der Waals surface area contributed by atoms with Crippen LogP contribution in [0.3, 0.4) is 0 Å². The number of hydrogen-bond acceptors (Lipinski definition) is 3. The Morgan fingerprint density at radius 2 is 2.29 bits per heavy atom. The Balaban J connectivity index is 2.23. The third-order valence-electron chi connectivity index (χ3n) is 3.67. The van der Waals surface area contributed by atoms with E-state index in [-0.39, 0.29) is 0 Å². The normalized spacial score (nSPS) is 24.6. The molecular weight excluding hydrogens is 212 g/mol. The molecule has 1 saturated heterocycles. The summed E-state index contributed by atoms with van der Waals surface area (Å²) < 4.78 is 5.30. The van der Waals surface area contributed by atoms with Crippen LogP contribution in [0.2, 0.25) is 0 Å². The second-order valence-corrected chi connectivity index (χ2v) is 4.80. The Morgan fingerprint density at radius 3 is 2.94 bits per heavy atom. The topological polar surface area (TPSA) is 47.3 Å². The smallest absolute Gasteiger partial charge is 0.121 e. The molecule has 1 fully saturated rings. The zero-order valence-corrected chi connectivity index (χ0v) is 10.7. The maximum atomic E-state index is 5.86. The molecule has 0 aliphatic carbocycles. The fraction of sp³-hybridized carbons (Fsp3) is 0.571. The molecule has 0 unspecified atom stereocenters. The van der Waals surface area contributed by atoms with Gasteiger partial charge in [0.15, 0.2) is 0 Å². The molecular formula is C14H22N2O. The lowest BCUT2D eigenvalue weighted by atomic mass is 9.86. The van der Waals surface area contributed by atoms with E-state index < -0.39 is 0 Å². The summed E-state index contributed by atoms with van der Waals surface area (Å²) in [7, 11) is 1.71. The second kappa shape index (κ2) is 5.52. The third kappa shape index (κ3) is 2.61. The van der Waals surface area contributed by atoms with E-state index in [1.165, 1.54) is 24.0 Å². The molecule has 2 atom stereocenters. The van der Waals surface area contributed by atoms with Gasteiger partial charge in [-0.25, -0.2) is 0 Å². The largest absolute Gasteiger partial charge is 0.496 e. The minimum atomic E-state index is 0.401. The fourth-order valence-corrected chi connectivity index (χ4v) is 2.69. The fourth-order valence-electron chi connectivity index (χ4n) is 2.69. The van der Waals surface area contributed by atoms with Crippen molar-refractivity contribution in [3.8, 4) is 5.75 Å². The molecule has 0 aromatic heterocycles. The molecule has 1 heterocycles. The molecule has 94 valence electrons. The summed E-state index contributed by atoms with van der Waals surface area (Å²) in [6.45, 7) is 3.93. The molecule has 1 aliphatic rings. The van der Waals surface area contributed by atoms with Gasteiger partial charge in [0, 0.05) is 6.04 Å². The Kier molecular flexibility index (Phi) is 4.02. The van der Waals surface area contributed by atoms with Gasteiger partial charge in [-0.3, -0.25) is 0 Å². The summed E-state index contributed by atoms with van der Waals surface area (Å²) >= 11 is 0. The van der Waals surface area contributed by atoms with E-state index in [1.807, 2.05) is 0 Å². The van der Waals surface area contributed by atoms with Crippen molar-refractivity contribution in [3.05, 3.63) is 29.3 Å². The Labute approximate surface area is 103 Å². The second-order valence-electron chi connectivity index (χ2n) is 4.80. The van der Waals surface area contributed by atoms with Crippen molar-refractivity contribution in [2.24, 2.45) is 11.7 Å². The first-order valence-electron chi connectivity index (χ1n) is 6.34. The number of nitrogens with two attached hydrogens (primary N) is 1. The quantitative estimate of drug-likeness (QED) is 0.841. The van der Waals surface area contributed by atoms with E-state index in [4.69, 9.17) is 10.5 Å². The van der Waals surface area contributed by atoms with E-state index in [0.29, 0.717) is 12.0 Å². The van der Waals surface area contributed by atoms with Gasteiger partial charge in [-0.15, -0.1) is 0 Å². The van der Waals surface area contributed by atoms with E-state index in [0.717, 1.165) is 18.8 Å². The number of rotatable bonds is 3. The SMILES string of the molecule is COc1ccc([C@H]2NCCC[C@@H]2CN)cc1C. The highest BCUT2D eigenvalue weighted by Crippen LogP contribution is 2.31. The summed E-state index contributed by atoms with van der Waals surface area (Å²) in [6.07, 6.45) is 2.45. The van der Waals surface area contributed by atoms with Crippen LogP contribution in [0.5, 0.6) is 5.75 Å². The molecule has 3 nitrogen and oxygen atoms in total. The lowest BCUT2D eigenvalue weighted by Gasteiger charge is -2.32. The minimum absolute atomic E-state index is 0.401. The first kappa shape index (κ1) is 12.4. The third-order valence-corrected chi connectivity index (χ3v) is 3.67. The van der Waals surface area contributed by atoms with Gasteiger partial charge in [0.2, 0.25) is 0 Å². The van der Waals surface area contributed by atoms with Crippen molar-refractivity contribution >= 4 is 0 Å². The highest BCUT2D eigenvalue weighted by molar-refractivity contribution is 5.37. The van der Waals surface area contributed by atoms with Gasteiger partial charge in [-0.1, -0.05) is 12.1 Å². The van der Waals surface area contributed by atoms with Crippen LogP contribution >= 0.6 is 0 Å². The molecule has 0 bridgehead atoms. The molecule has 1 aromatic carbocycles. The van der Waals surface area contributed by atoms with Crippen molar-refractivity contribution in [3.63, 3.8) is 0 Å². The molecule has 17 heavy (non-hydrogen) atoms. The van der Waals surface area contributed by atoms with E-state index in [2.05, 4.69) is 30.4 Å². The van der Waals surface area contributed by atoms with Crippen LogP contribution in [-0.4, -0.2) is 20.2 Å². The first-order valence-corrected chi connectivity index (χ1v) is 6.34. The van der Waals surface area contributed by atoms with Crippen molar-refractivity contribution in [1.82, 2.24) is 5.32 Å². The van der Waals surface area contributed by atoms with Gasteiger partial charge in [0.25, 0.3) is 0 Å². The molecule has 0 spiro atoms. The Hall–Kier alpha value is -1.06. The molecule has 3 N–H and O–H groups in total. The van der Waals surface area contributed by atoms with Gasteiger partial charge in [-0.05, 0) is 56.0 Å². The monoisotopic (exact) mass is 234 g/mol. The van der Waals surface area contributed by atoms with Crippen LogP contribution in [-0.2, 0) is 0 Å². The van der Waals surface area contributed by atoms with Crippen LogP contribution in [0, 0.1) is 12.8 Å². The molecule has 0 saturated carbocycles. The van der Waals surface area contributed by atoms with E-state index >= 15 is 0 Å². The number of hydrogen-bond donors (Lipinski definition) is 2. The number of piperidine rings is 1. The average Bonchev–Trinajstić information content (AvgIpc) is 2.38. The highest BCUT2D eigenvalue weighted by Gasteiger charge is 2.25. The van der Waals surface area contributed by atoms with Crippen LogP contribution in [0.15, 0.2) is 18.2 Å². The highest BCUT2D eigenvalue weighted by atomic mass is 16.5. The standard InChI is InChI=1S/C14H22N2O/c1-10-8-11(5-6-13(10)17-2)14-12(9-15)4-3-7-16-14/h5-6,8,12,14,16H,3-4,7,9,15H2,1-2H3/t12-,14-/m1/s1. The van der Waals surface area contributed by atoms with Gasteiger partial charge >= 0.3 is 0 Å². The Bertz CT molecular complexity index is 378. The van der Waals surface area contributed by atoms with Crippen LogP contribution in [0.25, 0.3) is 0 Å². The van der Waals surface area contributed by atoms with Crippen molar-refractivity contribution in [2.45, 2.75) is 25.8 Å². The zero-order valence-electron chi connectivity index (χ0n) is 10.7. The zero-order chi connectivity index (χ0) is 12.3. The van der Waals surface area contributed by atoms with Crippen molar-refractivity contribution in [2.75, 3.05) is 20.2 Å². The van der Waals surface area contributed by atoms with Crippen LogP contribution < -0.4 is 15.8 Å². The maximum absolute atomic E-state index is 5.86. The van der Waals surface area contributed by atoms with Crippen molar-refractivity contribution in [1.29, 1.82) is 0 Å². The Morgan fingerprint density at radius 1 is 1.47 bits per heavy atom. The number of methoxy groups -OCH3 is 1. The predicted octanol–water partition coefficient (Wildman–Crippen LogP) is 2.00. The van der Waals surface area contributed by atoms with Gasteiger partial charge < -0.3 is 15.8 Å². The molecule has 0 radical (unpaired) electrons.